The summed E-state index contributed by atoms with van der Waals surface area (Å²) < 4.78 is 32.3. The molecule has 0 atom stereocenters. The molecule has 0 spiro atoms. The minimum Gasteiger partial charge on any atom is -0.323 e. The summed E-state index contributed by atoms with van der Waals surface area (Å²) in [5.74, 6) is -1.32. The van der Waals surface area contributed by atoms with Gasteiger partial charge in [0.25, 0.3) is 0 Å². The summed E-state index contributed by atoms with van der Waals surface area (Å²) in [5, 5.41) is 9.23. The standard InChI is InChI=1S/C27H20F2N8O/c1-35-11-9-20(33-35)14-36-16-31-26(17-2-4-19(28)5-3-17)27(36)22-6-7-25-32-21(15-37(25)34-22)13-23(38)18-8-10-30-24(29)12-18/h2-12,15-16H,13-14H2,1H3. The molecule has 11 heteroatoms. The second-order valence-corrected chi connectivity index (χ2v) is 8.78. The maximum absolute atomic E-state index is 13.6. The molecule has 0 aliphatic heterocycles. The van der Waals surface area contributed by atoms with E-state index >= 15 is 0 Å². The summed E-state index contributed by atoms with van der Waals surface area (Å²) >= 11 is 0. The molecule has 0 aliphatic carbocycles. The molecule has 9 nitrogen and oxygen atoms in total. The third kappa shape index (κ3) is 4.57. The fraction of sp³-hybridized carbons (Fsp3) is 0.111. The Balaban J connectivity index is 1.38. The van der Waals surface area contributed by atoms with E-state index in [1.807, 2.05) is 29.9 Å². The SMILES string of the molecule is Cn1ccc(Cn2cnc(-c3ccc(F)cc3)c2-c2ccc3nc(CC(=O)c4ccnc(F)c4)cn3n2)n1. The van der Waals surface area contributed by atoms with Crippen LogP contribution in [0.1, 0.15) is 21.7 Å². The smallest absolute Gasteiger partial charge is 0.213 e. The molecule has 1 aromatic carbocycles. The van der Waals surface area contributed by atoms with Crippen molar-refractivity contribution in [2.75, 3.05) is 0 Å². The Morgan fingerprint density at radius 2 is 1.79 bits per heavy atom. The number of hydrogen-bond acceptors (Lipinski definition) is 6. The summed E-state index contributed by atoms with van der Waals surface area (Å²) in [4.78, 5) is 25.2. The van der Waals surface area contributed by atoms with Gasteiger partial charge in [0.1, 0.15) is 11.5 Å². The van der Waals surface area contributed by atoms with E-state index in [1.54, 1.807) is 39.9 Å². The Morgan fingerprint density at radius 1 is 0.947 bits per heavy atom. The summed E-state index contributed by atoms with van der Waals surface area (Å²) in [6, 6.07) is 14.3. The van der Waals surface area contributed by atoms with Crippen LogP contribution >= 0.6 is 0 Å². The predicted molar refractivity (Wildman–Crippen MR) is 134 cm³/mol. The number of ketones is 1. The topological polar surface area (TPSA) is 95.8 Å². The third-order valence-electron chi connectivity index (χ3n) is 6.06. The molecule has 0 unspecified atom stereocenters. The highest BCUT2D eigenvalue weighted by molar-refractivity contribution is 5.97. The normalized spacial score (nSPS) is 11.3. The first-order valence-corrected chi connectivity index (χ1v) is 11.7. The lowest BCUT2D eigenvalue weighted by atomic mass is 10.1. The van der Waals surface area contributed by atoms with Gasteiger partial charge in [-0.3, -0.25) is 9.48 Å². The fourth-order valence-electron chi connectivity index (χ4n) is 4.30. The maximum atomic E-state index is 13.6. The summed E-state index contributed by atoms with van der Waals surface area (Å²) in [5.41, 5.74) is 4.83. The van der Waals surface area contributed by atoms with Crippen LogP contribution in [0.5, 0.6) is 0 Å². The average molecular weight is 511 g/mol. The highest BCUT2D eigenvalue weighted by Crippen LogP contribution is 2.31. The lowest BCUT2D eigenvalue weighted by Gasteiger charge is -2.09. The van der Waals surface area contributed by atoms with Crippen molar-refractivity contribution in [1.29, 1.82) is 0 Å². The lowest BCUT2D eigenvalue weighted by Crippen LogP contribution is -2.05. The molecular weight excluding hydrogens is 490 g/mol. The zero-order valence-corrected chi connectivity index (χ0v) is 20.2. The van der Waals surface area contributed by atoms with Gasteiger partial charge in [-0.1, -0.05) is 0 Å². The minimum absolute atomic E-state index is 0.0133. The zero-order valence-electron chi connectivity index (χ0n) is 20.2. The molecule has 0 fully saturated rings. The number of aryl methyl sites for hydroxylation is 1. The summed E-state index contributed by atoms with van der Waals surface area (Å²) in [6.45, 7) is 0.455. The van der Waals surface area contributed by atoms with E-state index in [4.69, 9.17) is 5.10 Å². The summed E-state index contributed by atoms with van der Waals surface area (Å²) in [6.07, 6.45) is 6.49. The number of fused-ring (bicyclic) bond motifs is 1. The molecule has 6 aromatic rings. The Bertz CT molecular complexity index is 1780. The quantitative estimate of drug-likeness (QED) is 0.237. The number of rotatable bonds is 7. The second kappa shape index (κ2) is 9.43. The first-order valence-electron chi connectivity index (χ1n) is 11.7. The van der Waals surface area contributed by atoms with Crippen LogP contribution in [0.15, 0.2) is 79.5 Å². The number of hydrogen-bond donors (Lipinski definition) is 0. The first kappa shape index (κ1) is 23.3. The molecule has 0 bridgehead atoms. The van der Waals surface area contributed by atoms with Gasteiger partial charge in [-0.25, -0.2) is 23.9 Å². The van der Waals surface area contributed by atoms with E-state index in [1.165, 1.54) is 24.4 Å². The molecule has 6 rings (SSSR count). The molecule has 0 saturated carbocycles. The number of pyridine rings is 1. The highest BCUT2D eigenvalue weighted by Gasteiger charge is 2.19. The number of carbonyl (C=O) groups excluding carboxylic acids is 1. The van der Waals surface area contributed by atoms with Crippen molar-refractivity contribution in [1.82, 2.24) is 38.9 Å². The van der Waals surface area contributed by atoms with E-state index in [2.05, 4.69) is 20.1 Å². The largest absolute Gasteiger partial charge is 0.323 e. The maximum Gasteiger partial charge on any atom is 0.213 e. The lowest BCUT2D eigenvalue weighted by molar-refractivity contribution is 0.0991. The van der Waals surface area contributed by atoms with Crippen LogP contribution < -0.4 is 0 Å². The molecule has 0 radical (unpaired) electrons. The van der Waals surface area contributed by atoms with Crippen LogP contribution in [-0.4, -0.2) is 44.7 Å². The van der Waals surface area contributed by atoms with Crippen molar-refractivity contribution in [3.05, 3.63) is 108 Å². The monoisotopic (exact) mass is 510 g/mol. The van der Waals surface area contributed by atoms with E-state index in [0.29, 0.717) is 29.3 Å². The van der Waals surface area contributed by atoms with Gasteiger partial charge in [-0.05, 0) is 48.5 Å². The first-order chi connectivity index (χ1) is 18.4. The van der Waals surface area contributed by atoms with E-state index < -0.39 is 5.95 Å². The predicted octanol–water partition coefficient (Wildman–Crippen LogP) is 4.14. The van der Waals surface area contributed by atoms with Crippen LogP contribution in [0, 0.1) is 11.8 Å². The molecule has 5 heterocycles. The molecule has 38 heavy (non-hydrogen) atoms. The average Bonchev–Trinajstić information content (AvgIpc) is 3.62. The molecule has 0 N–H and O–H groups in total. The molecule has 0 amide bonds. The van der Waals surface area contributed by atoms with Crippen molar-refractivity contribution in [2.45, 2.75) is 13.0 Å². The Labute approximate surface area is 215 Å². The molecule has 0 saturated heterocycles. The molecule has 5 aromatic heterocycles. The van der Waals surface area contributed by atoms with Crippen LogP contribution in [-0.2, 0) is 20.0 Å². The number of Topliss-reactive ketones (excluding diaryl/α,β-unsaturated/α-hetero) is 1. The van der Waals surface area contributed by atoms with Crippen molar-refractivity contribution in [3.63, 3.8) is 0 Å². The van der Waals surface area contributed by atoms with Crippen molar-refractivity contribution in [2.24, 2.45) is 7.05 Å². The fourth-order valence-corrected chi connectivity index (χ4v) is 4.30. The van der Waals surface area contributed by atoms with Crippen LogP contribution in [0.25, 0.3) is 28.3 Å². The third-order valence-corrected chi connectivity index (χ3v) is 6.06. The van der Waals surface area contributed by atoms with Crippen molar-refractivity contribution < 1.29 is 13.6 Å². The molecule has 0 aliphatic rings. The Kier molecular flexibility index (Phi) is 5.79. The molecular formula is C27H20F2N8O. The van der Waals surface area contributed by atoms with Gasteiger partial charge in [-0.15, -0.1) is 0 Å². The van der Waals surface area contributed by atoms with E-state index in [9.17, 15) is 13.6 Å². The van der Waals surface area contributed by atoms with Crippen LogP contribution in [0.3, 0.4) is 0 Å². The van der Waals surface area contributed by atoms with Gasteiger partial charge in [-0.2, -0.15) is 14.6 Å². The minimum atomic E-state index is -0.712. The number of benzene rings is 1. The van der Waals surface area contributed by atoms with E-state index in [0.717, 1.165) is 23.0 Å². The highest BCUT2D eigenvalue weighted by atomic mass is 19.1. The number of imidazole rings is 2. The Hall–Kier alpha value is -5.06. The van der Waals surface area contributed by atoms with E-state index in [-0.39, 0.29) is 23.6 Å². The Morgan fingerprint density at radius 3 is 2.55 bits per heavy atom. The number of aromatic nitrogens is 8. The second-order valence-electron chi connectivity index (χ2n) is 8.78. The van der Waals surface area contributed by atoms with Crippen molar-refractivity contribution in [3.8, 4) is 22.6 Å². The zero-order chi connectivity index (χ0) is 26.2. The number of nitrogens with zero attached hydrogens (tertiary/aromatic N) is 8. The van der Waals surface area contributed by atoms with Gasteiger partial charge in [0.05, 0.1) is 48.3 Å². The van der Waals surface area contributed by atoms with Crippen LogP contribution in [0.4, 0.5) is 8.78 Å². The van der Waals surface area contributed by atoms with Gasteiger partial charge in [0.2, 0.25) is 5.95 Å². The number of halogens is 2. The van der Waals surface area contributed by atoms with Gasteiger partial charge < -0.3 is 4.57 Å². The van der Waals surface area contributed by atoms with Crippen LogP contribution in [0.2, 0.25) is 0 Å². The van der Waals surface area contributed by atoms with Gasteiger partial charge in [0, 0.05) is 36.6 Å². The summed E-state index contributed by atoms with van der Waals surface area (Å²) in [7, 11) is 1.85. The molecule has 188 valence electrons. The number of carbonyl (C=O) groups is 1. The van der Waals surface area contributed by atoms with Gasteiger partial charge >= 0.3 is 0 Å². The van der Waals surface area contributed by atoms with Crippen molar-refractivity contribution >= 4 is 11.4 Å². The van der Waals surface area contributed by atoms with Gasteiger partial charge in [0.15, 0.2) is 11.4 Å².